The zero-order valence-electron chi connectivity index (χ0n) is 29.1. The van der Waals surface area contributed by atoms with Crippen LogP contribution in [-0.4, -0.2) is 19.9 Å². The molecule has 0 aliphatic heterocycles. The molecule has 54 heavy (non-hydrogen) atoms. The molecule has 0 spiro atoms. The SMILES string of the molecule is c1ccc(-c2ccc3ccc4ccc(-c5ccc(-c6cccc(-c7nc8ccccc8c8c9ccccc9c9ccccc9c78)c6)cn5)nc4c3n2)cc1. The van der Waals surface area contributed by atoms with Crippen molar-refractivity contribution in [3.8, 4) is 45.0 Å². The maximum atomic E-state index is 5.36. The van der Waals surface area contributed by atoms with E-state index in [1.54, 1.807) is 0 Å². The standard InChI is InChI=1S/C50H30N4/c1-2-11-31(12-3-1)42-26-23-32-21-22-33-24-28-45(54-50(33)49(32)52-42)44-27-25-36(30-51-44)34-13-10-14-35(29-34)48-47-40-18-7-5-16-38(40)37-15-4-6-17-39(37)46(47)41-19-8-9-20-43(41)53-48/h1-30H. The number of hydrogen-bond donors (Lipinski definition) is 0. The Morgan fingerprint density at radius 2 is 0.870 bits per heavy atom. The van der Waals surface area contributed by atoms with Gasteiger partial charge in [0.25, 0.3) is 0 Å². The molecule has 4 heteroatoms. The van der Waals surface area contributed by atoms with E-state index in [4.69, 9.17) is 19.9 Å². The van der Waals surface area contributed by atoms with Gasteiger partial charge in [-0.2, -0.15) is 0 Å². The van der Waals surface area contributed by atoms with Crippen molar-refractivity contribution in [3.63, 3.8) is 0 Å². The third kappa shape index (κ3) is 4.85. The molecule has 4 aromatic heterocycles. The fourth-order valence-electron chi connectivity index (χ4n) is 8.08. The van der Waals surface area contributed by atoms with Crippen LogP contribution in [0.5, 0.6) is 0 Å². The topological polar surface area (TPSA) is 51.6 Å². The molecule has 0 aliphatic rings. The molecule has 7 aromatic carbocycles. The van der Waals surface area contributed by atoms with Gasteiger partial charge < -0.3 is 0 Å². The smallest absolute Gasteiger partial charge is 0.0973 e. The number of benzene rings is 7. The van der Waals surface area contributed by atoms with Crippen LogP contribution in [0.15, 0.2) is 182 Å². The minimum absolute atomic E-state index is 0.813. The van der Waals surface area contributed by atoms with E-state index in [1.165, 1.54) is 32.3 Å². The van der Waals surface area contributed by atoms with Crippen LogP contribution in [0.3, 0.4) is 0 Å². The molecule has 4 nitrogen and oxygen atoms in total. The molecule has 0 saturated carbocycles. The molecule has 0 radical (unpaired) electrons. The summed E-state index contributed by atoms with van der Waals surface area (Å²) in [4.78, 5) is 20.5. The van der Waals surface area contributed by atoms with Crippen LogP contribution in [0.1, 0.15) is 0 Å². The van der Waals surface area contributed by atoms with E-state index in [0.717, 1.165) is 77.7 Å². The fraction of sp³-hybridized carbons (Fsp3) is 0. The van der Waals surface area contributed by atoms with Crippen LogP contribution in [0, 0.1) is 0 Å². The van der Waals surface area contributed by atoms with E-state index in [9.17, 15) is 0 Å². The van der Waals surface area contributed by atoms with Gasteiger partial charge in [-0.3, -0.25) is 4.98 Å². The summed E-state index contributed by atoms with van der Waals surface area (Å²) in [5.74, 6) is 0. The Labute approximate surface area is 311 Å². The van der Waals surface area contributed by atoms with Gasteiger partial charge in [0.1, 0.15) is 0 Å². The summed E-state index contributed by atoms with van der Waals surface area (Å²) < 4.78 is 0. The molecule has 11 aromatic rings. The van der Waals surface area contributed by atoms with Gasteiger partial charge in [0, 0.05) is 49.8 Å². The summed E-state index contributed by atoms with van der Waals surface area (Å²) in [6, 6.07) is 61.7. The quantitative estimate of drug-likeness (QED) is 0.173. The number of pyridine rings is 4. The highest BCUT2D eigenvalue weighted by Crippen LogP contribution is 2.43. The Balaban J connectivity index is 1.02. The van der Waals surface area contributed by atoms with Crippen molar-refractivity contribution in [3.05, 3.63) is 182 Å². The predicted molar refractivity (Wildman–Crippen MR) is 224 cm³/mol. The molecule has 0 amide bonds. The number of fused-ring (bicyclic) bond motifs is 11. The third-order valence-electron chi connectivity index (χ3n) is 10.7. The highest BCUT2D eigenvalue weighted by Gasteiger charge is 2.18. The van der Waals surface area contributed by atoms with E-state index in [2.05, 4.69) is 152 Å². The van der Waals surface area contributed by atoms with Crippen LogP contribution < -0.4 is 0 Å². The largest absolute Gasteiger partial charge is 0.254 e. The summed E-state index contributed by atoms with van der Waals surface area (Å²) in [7, 11) is 0. The predicted octanol–water partition coefficient (Wildman–Crippen LogP) is 12.9. The molecule has 0 unspecified atom stereocenters. The number of aromatic nitrogens is 4. The molecular formula is C50H30N4. The molecule has 4 heterocycles. The van der Waals surface area contributed by atoms with Crippen molar-refractivity contribution >= 4 is 65.0 Å². The van der Waals surface area contributed by atoms with Crippen LogP contribution in [0.2, 0.25) is 0 Å². The van der Waals surface area contributed by atoms with Crippen molar-refractivity contribution in [1.29, 1.82) is 0 Å². The van der Waals surface area contributed by atoms with Crippen molar-refractivity contribution in [2.24, 2.45) is 0 Å². The van der Waals surface area contributed by atoms with E-state index >= 15 is 0 Å². The van der Waals surface area contributed by atoms with E-state index in [1.807, 2.05) is 30.5 Å². The van der Waals surface area contributed by atoms with Gasteiger partial charge in [0.05, 0.1) is 39.3 Å². The van der Waals surface area contributed by atoms with Crippen LogP contribution in [0.4, 0.5) is 0 Å². The number of nitrogens with zero attached hydrogens (tertiary/aromatic N) is 4. The van der Waals surface area contributed by atoms with Crippen molar-refractivity contribution < 1.29 is 0 Å². The van der Waals surface area contributed by atoms with Crippen molar-refractivity contribution in [2.45, 2.75) is 0 Å². The second kappa shape index (κ2) is 12.1. The molecule has 250 valence electrons. The van der Waals surface area contributed by atoms with Gasteiger partial charge >= 0.3 is 0 Å². The first kappa shape index (κ1) is 30.3. The van der Waals surface area contributed by atoms with Crippen LogP contribution >= 0.6 is 0 Å². The first-order valence-electron chi connectivity index (χ1n) is 18.2. The molecular weight excluding hydrogens is 657 g/mol. The van der Waals surface area contributed by atoms with Gasteiger partial charge in [-0.15, -0.1) is 0 Å². The lowest BCUT2D eigenvalue weighted by molar-refractivity contribution is 1.27. The van der Waals surface area contributed by atoms with Gasteiger partial charge in [0.15, 0.2) is 0 Å². The van der Waals surface area contributed by atoms with Crippen LogP contribution in [0.25, 0.3) is 110 Å². The summed E-state index contributed by atoms with van der Waals surface area (Å²) in [6.07, 6.45) is 1.95. The molecule has 0 bridgehead atoms. The summed E-state index contributed by atoms with van der Waals surface area (Å²) in [5.41, 5.74) is 10.5. The zero-order chi connectivity index (χ0) is 35.6. The van der Waals surface area contributed by atoms with Crippen molar-refractivity contribution in [2.75, 3.05) is 0 Å². The Kier molecular flexibility index (Phi) is 6.82. The highest BCUT2D eigenvalue weighted by molar-refractivity contribution is 6.33. The summed E-state index contributed by atoms with van der Waals surface area (Å²) in [6.45, 7) is 0. The van der Waals surface area contributed by atoms with E-state index < -0.39 is 0 Å². The minimum Gasteiger partial charge on any atom is -0.254 e. The lowest BCUT2D eigenvalue weighted by Crippen LogP contribution is -1.94. The average molecular weight is 687 g/mol. The van der Waals surface area contributed by atoms with Gasteiger partial charge in [0.2, 0.25) is 0 Å². The van der Waals surface area contributed by atoms with E-state index in [0.29, 0.717) is 0 Å². The first-order chi connectivity index (χ1) is 26.8. The lowest BCUT2D eigenvalue weighted by Gasteiger charge is -2.16. The Hall–Kier alpha value is -7.30. The summed E-state index contributed by atoms with van der Waals surface area (Å²) in [5, 5.41) is 10.6. The lowest BCUT2D eigenvalue weighted by atomic mass is 9.89. The van der Waals surface area contributed by atoms with Gasteiger partial charge in [-0.25, -0.2) is 15.0 Å². The molecule has 0 aliphatic carbocycles. The van der Waals surface area contributed by atoms with Gasteiger partial charge in [-0.05, 0) is 57.4 Å². The fourth-order valence-corrected chi connectivity index (χ4v) is 8.08. The van der Waals surface area contributed by atoms with Crippen LogP contribution in [-0.2, 0) is 0 Å². The molecule has 0 saturated heterocycles. The molecule has 0 fully saturated rings. The van der Waals surface area contributed by atoms with Gasteiger partial charge in [-0.1, -0.05) is 146 Å². The first-order valence-corrected chi connectivity index (χ1v) is 18.2. The molecule has 0 N–H and O–H groups in total. The number of rotatable bonds is 4. The Morgan fingerprint density at radius 3 is 1.59 bits per heavy atom. The molecule has 0 atom stereocenters. The number of para-hydroxylation sites is 1. The highest BCUT2D eigenvalue weighted by atomic mass is 14.8. The maximum absolute atomic E-state index is 5.36. The summed E-state index contributed by atoms with van der Waals surface area (Å²) >= 11 is 0. The average Bonchev–Trinajstić information content (AvgIpc) is 3.26. The zero-order valence-corrected chi connectivity index (χ0v) is 29.1. The molecule has 11 rings (SSSR count). The van der Waals surface area contributed by atoms with E-state index in [-0.39, 0.29) is 0 Å². The van der Waals surface area contributed by atoms with Crippen molar-refractivity contribution in [1.82, 2.24) is 19.9 Å². The minimum atomic E-state index is 0.813. The maximum Gasteiger partial charge on any atom is 0.0973 e. The normalized spacial score (nSPS) is 11.7. The Bertz CT molecular complexity index is 3260. The second-order valence-electron chi connectivity index (χ2n) is 13.8. The second-order valence-corrected chi connectivity index (χ2v) is 13.8. The Morgan fingerprint density at radius 1 is 0.315 bits per heavy atom. The third-order valence-corrected chi connectivity index (χ3v) is 10.7. The monoisotopic (exact) mass is 686 g/mol. The number of hydrogen-bond acceptors (Lipinski definition) is 4.